The number of nitrogens with one attached hydrogen (secondary N) is 3. The second kappa shape index (κ2) is 9.81. The second-order valence-corrected chi connectivity index (χ2v) is 8.23. The fourth-order valence-electron chi connectivity index (χ4n) is 4.59. The third kappa shape index (κ3) is 4.85. The number of hydrogen-bond donors (Lipinski definition) is 3. The van der Waals surface area contributed by atoms with Gasteiger partial charge in [0.25, 0.3) is 0 Å². The van der Waals surface area contributed by atoms with Crippen LogP contribution in [0.5, 0.6) is 5.75 Å². The zero-order chi connectivity index (χ0) is 20.8. The van der Waals surface area contributed by atoms with Crippen LogP contribution in [0.25, 0.3) is 10.9 Å². The molecular weight excluding hydrogens is 374 g/mol. The molecule has 1 fully saturated rings. The van der Waals surface area contributed by atoms with Crippen LogP contribution in [0.15, 0.2) is 54.7 Å². The highest BCUT2D eigenvalue weighted by molar-refractivity contribution is 5.86. The molecule has 158 valence electrons. The first-order valence-electron chi connectivity index (χ1n) is 11.0. The van der Waals surface area contributed by atoms with Gasteiger partial charge in [-0.3, -0.25) is 4.79 Å². The Morgan fingerprint density at radius 1 is 1.13 bits per heavy atom. The molecule has 1 amide bonds. The first-order chi connectivity index (χ1) is 14.7. The quantitative estimate of drug-likeness (QED) is 0.539. The predicted octanol–water partition coefficient (Wildman–Crippen LogP) is 2.88. The van der Waals surface area contributed by atoms with Crippen molar-refractivity contribution in [2.24, 2.45) is 0 Å². The predicted molar refractivity (Wildman–Crippen MR) is 120 cm³/mol. The molecule has 2 aromatic carbocycles. The first kappa shape index (κ1) is 20.5. The molecule has 3 N–H and O–H groups in total. The molecule has 1 atom stereocenters. The minimum Gasteiger partial charge on any atom is -0.497 e. The molecule has 1 saturated heterocycles. The van der Waals surface area contributed by atoms with Gasteiger partial charge in [0.1, 0.15) is 5.75 Å². The number of rotatable bonds is 8. The van der Waals surface area contributed by atoms with Crippen LogP contribution in [0.1, 0.15) is 42.7 Å². The van der Waals surface area contributed by atoms with E-state index < -0.39 is 0 Å². The molecule has 1 aliphatic heterocycles. The van der Waals surface area contributed by atoms with E-state index in [0.717, 1.165) is 40.9 Å². The molecule has 0 unspecified atom stereocenters. The summed E-state index contributed by atoms with van der Waals surface area (Å²) >= 11 is 0. The van der Waals surface area contributed by atoms with Gasteiger partial charge in [0.2, 0.25) is 5.91 Å². The average molecular weight is 407 g/mol. The molecule has 3 aromatic rings. The van der Waals surface area contributed by atoms with Crippen LogP contribution >= 0.6 is 0 Å². The van der Waals surface area contributed by atoms with Crippen molar-refractivity contribution in [1.82, 2.24) is 10.3 Å². The van der Waals surface area contributed by atoms with Gasteiger partial charge in [-0.2, -0.15) is 0 Å². The first-order valence-corrected chi connectivity index (χ1v) is 11.0. The molecule has 0 saturated carbocycles. The van der Waals surface area contributed by atoms with Crippen molar-refractivity contribution < 1.29 is 14.4 Å². The number of aromatic amines is 1. The summed E-state index contributed by atoms with van der Waals surface area (Å²) in [4.78, 5) is 17.9. The van der Waals surface area contributed by atoms with Gasteiger partial charge >= 0.3 is 0 Å². The summed E-state index contributed by atoms with van der Waals surface area (Å²) < 4.78 is 5.44. The maximum atomic E-state index is 12.9. The number of aromatic nitrogens is 1. The van der Waals surface area contributed by atoms with E-state index in [9.17, 15) is 4.79 Å². The van der Waals surface area contributed by atoms with Crippen LogP contribution in [-0.4, -0.2) is 44.2 Å². The summed E-state index contributed by atoms with van der Waals surface area (Å²) in [6.07, 6.45) is 6.43. The topological polar surface area (TPSA) is 58.6 Å². The molecule has 2 heterocycles. The van der Waals surface area contributed by atoms with Gasteiger partial charge in [-0.05, 0) is 48.6 Å². The monoisotopic (exact) mass is 406 g/mol. The number of quaternary nitrogens is 1. The van der Waals surface area contributed by atoms with Gasteiger partial charge in [0.15, 0.2) is 0 Å². The lowest BCUT2D eigenvalue weighted by atomic mass is 9.88. The molecule has 0 aliphatic carbocycles. The highest BCUT2D eigenvalue weighted by Crippen LogP contribution is 2.34. The fraction of sp³-hybridized carbons (Fsp3) is 0.400. The maximum absolute atomic E-state index is 12.9. The van der Waals surface area contributed by atoms with Crippen molar-refractivity contribution in [2.45, 2.75) is 31.6 Å². The molecule has 0 bridgehead atoms. The minimum atomic E-state index is -0.0291. The second-order valence-electron chi connectivity index (χ2n) is 8.23. The molecule has 5 heteroatoms. The molecule has 0 spiro atoms. The van der Waals surface area contributed by atoms with E-state index in [0.29, 0.717) is 6.42 Å². The van der Waals surface area contributed by atoms with E-state index in [2.05, 4.69) is 28.5 Å². The number of piperidine rings is 1. The van der Waals surface area contributed by atoms with Gasteiger partial charge in [0, 0.05) is 29.4 Å². The number of H-pyrrole nitrogens is 1. The maximum Gasteiger partial charge on any atom is 0.221 e. The lowest BCUT2D eigenvalue weighted by Crippen LogP contribution is -3.13. The summed E-state index contributed by atoms with van der Waals surface area (Å²) in [7, 11) is 1.68. The van der Waals surface area contributed by atoms with Gasteiger partial charge < -0.3 is 19.9 Å². The van der Waals surface area contributed by atoms with Gasteiger partial charge in [-0.1, -0.05) is 30.3 Å². The fourth-order valence-corrected chi connectivity index (χ4v) is 4.59. The number of fused-ring (bicyclic) bond motifs is 1. The molecule has 5 nitrogen and oxygen atoms in total. The summed E-state index contributed by atoms with van der Waals surface area (Å²) in [6, 6.07) is 16.3. The number of ether oxygens (including phenoxy) is 1. The summed E-state index contributed by atoms with van der Waals surface area (Å²) in [5.74, 6) is 0.884. The molecule has 0 radical (unpaired) electrons. The molecule has 1 aromatic heterocycles. The van der Waals surface area contributed by atoms with Crippen molar-refractivity contribution >= 4 is 16.8 Å². The van der Waals surface area contributed by atoms with E-state index in [1.807, 2.05) is 36.5 Å². The number of benzene rings is 2. The third-order valence-corrected chi connectivity index (χ3v) is 6.24. The Kier molecular flexibility index (Phi) is 6.70. The number of methoxy groups -OCH3 is 1. The van der Waals surface area contributed by atoms with Gasteiger partial charge in [-0.15, -0.1) is 0 Å². The lowest BCUT2D eigenvalue weighted by molar-refractivity contribution is -0.903. The van der Waals surface area contributed by atoms with Crippen molar-refractivity contribution in [3.05, 3.63) is 65.9 Å². The highest BCUT2D eigenvalue weighted by atomic mass is 16.5. The van der Waals surface area contributed by atoms with E-state index in [4.69, 9.17) is 4.74 Å². The summed E-state index contributed by atoms with van der Waals surface area (Å²) in [5.41, 5.74) is 3.33. The minimum absolute atomic E-state index is 0.0291. The number of likely N-dealkylation sites (tertiary alicyclic amines) is 1. The largest absolute Gasteiger partial charge is 0.497 e. The zero-order valence-corrected chi connectivity index (χ0v) is 17.7. The molecular formula is C25H32N3O2+. The Morgan fingerprint density at radius 2 is 1.97 bits per heavy atom. The van der Waals surface area contributed by atoms with Crippen LogP contribution in [-0.2, 0) is 4.79 Å². The van der Waals surface area contributed by atoms with Crippen LogP contribution in [0.4, 0.5) is 0 Å². The lowest BCUT2D eigenvalue weighted by Gasteiger charge is -2.23. The zero-order valence-electron chi connectivity index (χ0n) is 17.7. The third-order valence-electron chi connectivity index (χ3n) is 6.24. The average Bonchev–Trinajstić information content (AvgIpc) is 3.22. The molecule has 1 aliphatic rings. The van der Waals surface area contributed by atoms with Gasteiger partial charge in [0.05, 0.1) is 33.3 Å². The van der Waals surface area contributed by atoms with E-state index >= 15 is 0 Å². The number of carbonyl (C=O) groups is 1. The normalized spacial score (nSPS) is 15.8. The van der Waals surface area contributed by atoms with Crippen molar-refractivity contribution in [3.63, 3.8) is 0 Å². The Bertz CT molecular complexity index is 975. The van der Waals surface area contributed by atoms with E-state index in [1.165, 1.54) is 32.4 Å². The Balaban J connectivity index is 1.50. The van der Waals surface area contributed by atoms with Crippen LogP contribution < -0.4 is 15.0 Å². The van der Waals surface area contributed by atoms with E-state index in [1.54, 1.807) is 12.0 Å². The van der Waals surface area contributed by atoms with Crippen molar-refractivity contribution in [1.29, 1.82) is 0 Å². The number of amides is 1. The van der Waals surface area contributed by atoms with Gasteiger partial charge in [-0.25, -0.2) is 0 Å². The number of para-hydroxylation sites is 1. The smallest absolute Gasteiger partial charge is 0.221 e. The number of hydrogen-bond acceptors (Lipinski definition) is 2. The van der Waals surface area contributed by atoms with Crippen LogP contribution in [0.2, 0.25) is 0 Å². The number of carbonyl (C=O) groups excluding carboxylic acids is 1. The standard InChI is InChI=1S/C25H31N3O2/c1-30-20-9-7-8-19(16-20)22(23-18-27-24-11-4-3-10-21(23)24)17-25(29)26-12-15-28-13-5-2-6-14-28/h3-4,7-11,16,18,22,27H,2,5-6,12-15,17H2,1H3,(H,26,29)/p+1/t22-/m1/s1. The van der Waals surface area contributed by atoms with E-state index in [-0.39, 0.29) is 11.8 Å². The van der Waals surface area contributed by atoms with Crippen LogP contribution in [0.3, 0.4) is 0 Å². The molecule has 4 rings (SSSR count). The van der Waals surface area contributed by atoms with Crippen molar-refractivity contribution in [3.8, 4) is 5.75 Å². The molecule has 30 heavy (non-hydrogen) atoms. The summed E-state index contributed by atoms with van der Waals surface area (Å²) in [6.45, 7) is 4.23. The Hall–Kier alpha value is -2.79. The SMILES string of the molecule is COc1cccc([C@@H](CC(=O)NCC[NH+]2CCCCC2)c2c[nH]c3ccccc23)c1. The highest BCUT2D eigenvalue weighted by Gasteiger charge is 2.22. The summed E-state index contributed by atoms with van der Waals surface area (Å²) in [5, 5.41) is 4.33. The Morgan fingerprint density at radius 3 is 2.80 bits per heavy atom. The Labute approximate surface area is 178 Å². The van der Waals surface area contributed by atoms with Crippen molar-refractivity contribution in [2.75, 3.05) is 33.3 Å². The van der Waals surface area contributed by atoms with Crippen LogP contribution in [0, 0.1) is 0 Å².